The third-order valence-electron chi connectivity index (χ3n) is 4.18. The zero-order valence-electron chi connectivity index (χ0n) is 15.8. The van der Waals surface area contributed by atoms with E-state index < -0.39 is 0 Å². The van der Waals surface area contributed by atoms with Gasteiger partial charge in [-0.15, -0.1) is 0 Å². The van der Waals surface area contributed by atoms with E-state index in [0.717, 1.165) is 12.2 Å². The molecule has 27 heavy (non-hydrogen) atoms. The van der Waals surface area contributed by atoms with Gasteiger partial charge in [0.05, 0.1) is 36.0 Å². The quantitative estimate of drug-likeness (QED) is 0.696. The Morgan fingerprint density at radius 2 is 2.11 bits per heavy atom. The minimum atomic E-state index is -0.247. The molecule has 2 aromatic heterocycles. The van der Waals surface area contributed by atoms with Crippen LogP contribution in [-0.2, 0) is 19.6 Å². The van der Waals surface area contributed by atoms with Crippen LogP contribution in [0.15, 0.2) is 41.6 Å². The van der Waals surface area contributed by atoms with E-state index in [2.05, 4.69) is 34.1 Å². The summed E-state index contributed by atoms with van der Waals surface area (Å²) in [5, 5.41) is 3.41. The third kappa shape index (κ3) is 4.52. The predicted molar refractivity (Wildman–Crippen MR) is 103 cm³/mol. The molecule has 0 aliphatic rings. The summed E-state index contributed by atoms with van der Waals surface area (Å²) >= 11 is 0. The van der Waals surface area contributed by atoms with E-state index in [0.29, 0.717) is 29.2 Å². The van der Waals surface area contributed by atoms with Crippen LogP contribution in [0.4, 0.5) is 4.79 Å². The van der Waals surface area contributed by atoms with Gasteiger partial charge in [-0.05, 0) is 18.1 Å². The summed E-state index contributed by atoms with van der Waals surface area (Å²) in [6, 6.07) is 6.88. The van der Waals surface area contributed by atoms with Gasteiger partial charge in [0.2, 0.25) is 0 Å². The van der Waals surface area contributed by atoms with Crippen molar-refractivity contribution in [1.82, 2.24) is 29.7 Å². The molecule has 0 bridgehead atoms. The molecule has 2 N–H and O–H groups in total. The normalized spacial score (nSPS) is 11.1. The number of urea groups is 1. The molecular weight excluding hydrogens is 344 g/mol. The largest absolute Gasteiger partial charge is 0.333 e. The Labute approximate surface area is 157 Å². The van der Waals surface area contributed by atoms with E-state index in [-0.39, 0.29) is 18.1 Å². The van der Waals surface area contributed by atoms with Crippen LogP contribution in [0.25, 0.3) is 10.9 Å². The van der Waals surface area contributed by atoms with Crippen LogP contribution in [0.3, 0.4) is 0 Å². The maximum absolute atomic E-state index is 12.4. The van der Waals surface area contributed by atoms with Crippen molar-refractivity contribution in [3.8, 4) is 0 Å². The molecule has 2 heterocycles. The Morgan fingerprint density at radius 1 is 1.33 bits per heavy atom. The number of hydrogen-bond donors (Lipinski definition) is 2. The Balaban J connectivity index is 1.63. The van der Waals surface area contributed by atoms with Gasteiger partial charge in [-0.3, -0.25) is 4.79 Å². The van der Waals surface area contributed by atoms with Gasteiger partial charge in [0.25, 0.3) is 5.56 Å². The second-order valence-electron chi connectivity index (χ2n) is 6.98. The smallest absolute Gasteiger partial charge is 0.317 e. The summed E-state index contributed by atoms with van der Waals surface area (Å²) in [5.74, 6) is 0.938. The fourth-order valence-corrected chi connectivity index (χ4v) is 2.86. The molecule has 0 atom stereocenters. The number of carbonyl (C=O) groups excluding carboxylic acids is 1. The SMILES string of the molecule is CC(C)Cn1cncc1CNC(=O)N(C)Cc1nc2ccccc2c(=O)[nH]1. The average Bonchev–Trinajstić information content (AvgIpc) is 3.06. The molecule has 0 spiro atoms. The summed E-state index contributed by atoms with van der Waals surface area (Å²) in [6.45, 7) is 5.71. The lowest BCUT2D eigenvalue weighted by Gasteiger charge is -2.18. The fourth-order valence-electron chi connectivity index (χ4n) is 2.86. The number of fused-ring (bicyclic) bond motifs is 1. The van der Waals surface area contributed by atoms with Gasteiger partial charge in [-0.2, -0.15) is 0 Å². The number of rotatable bonds is 6. The molecule has 0 fully saturated rings. The lowest BCUT2D eigenvalue weighted by atomic mass is 10.2. The summed E-state index contributed by atoms with van der Waals surface area (Å²) in [6.07, 6.45) is 3.53. The summed E-state index contributed by atoms with van der Waals surface area (Å²) < 4.78 is 2.04. The minimum Gasteiger partial charge on any atom is -0.333 e. The maximum Gasteiger partial charge on any atom is 0.317 e. The molecule has 0 radical (unpaired) electrons. The molecular formula is C19H24N6O2. The van der Waals surface area contributed by atoms with Crippen molar-refractivity contribution in [3.05, 3.63) is 58.7 Å². The van der Waals surface area contributed by atoms with Gasteiger partial charge in [-0.25, -0.2) is 14.8 Å². The van der Waals surface area contributed by atoms with Crippen molar-refractivity contribution in [2.75, 3.05) is 7.05 Å². The third-order valence-corrected chi connectivity index (χ3v) is 4.18. The van der Waals surface area contributed by atoms with E-state index in [4.69, 9.17) is 0 Å². The number of nitrogens with one attached hydrogen (secondary N) is 2. The first kappa shape index (κ1) is 18.6. The number of hydrogen-bond acceptors (Lipinski definition) is 4. The highest BCUT2D eigenvalue weighted by Crippen LogP contribution is 2.07. The molecule has 0 saturated carbocycles. The van der Waals surface area contributed by atoms with E-state index >= 15 is 0 Å². The molecule has 0 saturated heterocycles. The lowest BCUT2D eigenvalue weighted by Crippen LogP contribution is -2.37. The van der Waals surface area contributed by atoms with E-state index in [9.17, 15) is 9.59 Å². The van der Waals surface area contributed by atoms with Gasteiger partial charge in [0, 0.05) is 19.8 Å². The van der Waals surface area contributed by atoms with E-state index in [1.165, 1.54) is 4.90 Å². The zero-order chi connectivity index (χ0) is 19.4. The topological polar surface area (TPSA) is 95.9 Å². The number of amides is 2. The van der Waals surface area contributed by atoms with Gasteiger partial charge >= 0.3 is 6.03 Å². The van der Waals surface area contributed by atoms with Crippen LogP contribution in [0.5, 0.6) is 0 Å². The van der Waals surface area contributed by atoms with Gasteiger partial charge in [0.15, 0.2) is 0 Å². The van der Waals surface area contributed by atoms with Crippen LogP contribution in [-0.4, -0.2) is 37.5 Å². The van der Waals surface area contributed by atoms with Crippen molar-refractivity contribution in [1.29, 1.82) is 0 Å². The van der Waals surface area contributed by atoms with Crippen molar-refractivity contribution in [2.45, 2.75) is 33.5 Å². The van der Waals surface area contributed by atoms with Crippen molar-refractivity contribution in [3.63, 3.8) is 0 Å². The van der Waals surface area contributed by atoms with Crippen molar-refractivity contribution in [2.24, 2.45) is 5.92 Å². The maximum atomic E-state index is 12.4. The van der Waals surface area contributed by atoms with Crippen molar-refractivity contribution < 1.29 is 4.79 Å². The standard InChI is InChI=1S/C19H24N6O2/c1-13(2)10-25-12-20-8-14(25)9-21-19(27)24(3)11-17-22-16-7-5-4-6-15(16)18(26)23-17/h4-8,12-13H,9-11H2,1-3H3,(H,21,27)(H,22,23,26). The number of imidazole rings is 1. The monoisotopic (exact) mass is 368 g/mol. The molecule has 0 aliphatic heterocycles. The van der Waals surface area contributed by atoms with Gasteiger partial charge in [0.1, 0.15) is 5.82 Å². The first-order valence-electron chi connectivity index (χ1n) is 8.90. The van der Waals surface area contributed by atoms with E-state index in [1.807, 2.05) is 10.6 Å². The average molecular weight is 368 g/mol. The number of H-pyrrole nitrogens is 1. The zero-order valence-corrected chi connectivity index (χ0v) is 15.8. The number of para-hydroxylation sites is 1. The van der Waals surface area contributed by atoms with Crippen LogP contribution < -0.4 is 10.9 Å². The molecule has 8 nitrogen and oxygen atoms in total. The number of nitrogens with zero attached hydrogens (tertiary/aromatic N) is 4. The Morgan fingerprint density at radius 3 is 2.89 bits per heavy atom. The van der Waals surface area contributed by atoms with Crippen LogP contribution >= 0.6 is 0 Å². The summed E-state index contributed by atoms with van der Waals surface area (Å²) in [7, 11) is 1.66. The van der Waals surface area contributed by atoms with Gasteiger partial charge < -0.3 is 19.8 Å². The second kappa shape index (κ2) is 8.03. The molecule has 142 valence electrons. The molecule has 8 heteroatoms. The summed E-state index contributed by atoms with van der Waals surface area (Å²) in [4.78, 5) is 37.3. The summed E-state index contributed by atoms with van der Waals surface area (Å²) in [5.41, 5.74) is 1.35. The highest BCUT2D eigenvalue weighted by molar-refractivity contribution is 5.77. The molecule has 3 rings (SSSR count). The Kier molecular flexibility index (Phi) is 5.54. The highest BCUT2D eigenvalue weighted by atomic mass is 16.2. The molecule has 0 aliphatic carbocycles. The number of carbonyl (C=O) groups is 1. The Bertz CT molecular complexity index is 991. The number of benzene rings is 1. The van der Waals surface area contributed by atoms with Gasteiger partial charge in [-0.1, -0.05) is 26.0 Å². The van der Waals surface area contributed by atoms with Crippen LogP contribution in [0, 0.1) is 5.92 Å². The first-order chi connectivity index (χ1) is 12.9. The molecule has 2 amide bonds. The lowest BCUT2D eigenvalue weighted by molar-refractivity contribution is 0.205. The van der Waals surface area contributed by atoms with Crippen LogP contribution in [0.1, 0.15) is 25.4 Å². The predicted octanol–water partition coefficient (Wildman–Crippen LogP) is 2.12. The Hall–Kier alpha value is -3.16. The van der Waals surface area contributed by atoms with E-state index in [1.54, 1.807) is 37.8 Å². The molecule has 1 aromatic carbocycles. The molecule has 3 aromatic rings. The number of aromatic nitrogens is 4. The fraction of sp³-hybridized carbons (Fsp3) is 0.368. The molecule has 0 unspecified atom stereocenters. The number of aromatic amines is 1. The minimum absolute atomic E-state index is 0.206. The van der Waals surface area contributed by atoms with Crippen molar-refractivity contribution >= 4 is 16.9 Å². The highest BCUT2D eigenvalue weighted by Gasteiger charge is 2.13. The second-order valence-corrected chi connectivity index (χ2v) is 6.98. The first-order valence-corrected chi connectivity index (χ1v) is 8.90. The van der Waals surface area contributed by atoms with Crippen LogP contribution in [0.2, 0.25) is 0 Å².